The van der Waals surface area contributed by atoms with E-state index in [2.05, 4.69) is 15.4 Å². The second-order valence-electron chi connectivity index (χ2n) is 3.58. The first-order valence-electron chi connectivity index (χ1n) is 5.09. The quantitative estimate of drug-likeness (QED) is 0.751. The van der Waals surface area contributed by atoms with Gasteiger partial charge in [-0.05, 0) is 18.9 Å². The van der Waals surface area contributed by atoms with Crippen LogP contribution in [-0.2, 0) is 4.84 Å². The van der Waals surface area contributed by atoms with Gasteiger partial charge in [-0.25, -0.2) is 14.8 Å². The minimum Gasteiger partial charge on any atom is -0.365 e. The number of nitrogens with zero attached hydrogens (tertiary/aromatic N) is 2. The van der Waals surface area contributed by atoms with E-state index in [0.717, 1.165) is 12.8 Å². The third-order valence-electron chi connectivity index (χ3n) is 2.46. The summed E-state index contributed by atoms with van der Waals surface area (Å²) >= 11 is 0. The summed E-state index contributed by atoms with van der Waals surface area (Å²) < 4.78 is 0. The van der Waals surface area contributed by atoms with Gasteiger partial charge in [0.2, 0.25) is 0 Å². The maximum Gasteiger partial charge on any atom is 0.375 e. The first-order chi connectivity index (χ1) is 7.36. The smallest absolute Gasteiger partial charge is 0.365 e. The number of carbonyl (C=O) groups excluding carboxylic acids is 1. The van der Waals surface area contributed by atoms with Gasteiger partial charge in [-0.3, -0.25) is 0 Å². The number of hydrogen-bond donors (Lipinski definition) is 1. The van der Waals surface area contributed by atoms with Crippen LogP contribution in [0.25, 0.3) is 0 Å². The maximum atomic E-state index is 11.4. The highest BCUT2D eigenvalue weighted by Crippen LogP contribution is 2.17. The highest BCUT2D eigenvalue weighted by molar-refractivity contribution is 5.86. The lowest BCUT2D eigenvalue weighted by atomic mass is 10.3. The van der Waals surface area contributed by atoms with Gasteiger partial charge in [0.15, 0.2) is 5.69 Å². The fraction of sp³-hybridized carbons (Fsp3) is 0.500. The molecule has 1 fully saturated rings. The largest absolute Gasteiger partial charge is 0.375 e. The van der Waals surface area contributed by atoms with Gasteiger partial charge in [0.1, 0.15) is 6.33 Å². The highest BCUT2D eigenvalue weighted by atomic mass is 16.7. The van der Waals surface area contributed by atoms with Crippen LogP contribution in [0.5, 0.6) is 0 Å². The van der Waals surface area contributed by atoms with Crippen molar-refractivity contribution >= 4 is 5.97 Å². The van der Waals surface area contributed by atoms with Crippen LogP contribution in [0.1, 0.15) is 36.2 Å². The van der Waals surface area contributed by atoms with E-state index in [1.165, 1.54) is 31.4 Å². The van der Waals surface area contributed by atoms with Crippen molar-refractivity contribution in [2.24, 2.45) is 0 Å². The predicted octanol–water partition coefficient (Wildman–Crippen LogP) is 1.08. The molecule has 15 heavy (non-hydrogen) atoms. The second-order valence-corrected chi connectivity index (χ2v) is 3.58. The molecule has 0 saturated heterocycles. The average molecular weight is 207 g/mol. The second kappa shape index (κ2) is 4.84. The van der Waals surface area contributed by atoms with E-state index in [-0.39, 0.29) is 5.69 Å². The van der Waals surface area contributed by atoms with Gasteiger partial charge in [-0.15, -0.1) is 5.48 Å². The molecule has 0 aliphatic heterocycles. The molecule has 1 aliphatic rings. The third-order valence-corrected chi connectivity index (χ3v) is 2.46. The lowest BCUT2D eigenvalue weighted by Crippen LogP contribution is -2.29. The van der Waals surface area contributed by atoms with Crippen molar-refractivity contribution in [1.29, 1.82) is 0 Å². The number of hydroxylamine groups is 1. The molecule has 1 heterocycles. The Morgan fingerprint density at radius 2 is 2.27 bits per heavy atom. The van der Waals surface area contributed by atoms with Crippen molar-refractivity contribution in [3.8, 4) is 0 Å². The summed E-state index contributed by atoms with van der Waals surface area (Å²) in [5.74, 6) is -0.454. The van der Waals surface area contributed by atoms with Gasteiger partial charge < -0.3 is 4.84 Å². The van der Waals surface area contributed by atoms with Gasteiger partial charge in [-0.2, -0.15) is 0 Å². The van der Waals surface area contributed by atoms with E-state index in [4.69, 9.17) is 4.84 Å². The molecule has 0 unspecified atom stereocenters. The van der Waals surface area contributed by atoms with Crippen molar-refractivity contribution in [3.05, 3.63) is 24.3 Å². The van der Waals surface area contributed by atoms with Crippen molar-refractivity contribution < 1.29 is 9.63 Å². The monoisotopic (exact) mass is 207 g/mol. The molecule has 5 nitrogen and oxygen atoms in total. The summed E-state index contributed by atoms with van der Waals surface area (Å²) in [6.45, 7) is 0. The molecule has 0 atom stereocenters. The SMILES string of the molecule is O=C(ONC1CCCC1)c1ccncn1. The number of rotatable bonds is 3. The molecule has 80 valence electrons. The van der Waals surface area contributed by atoms with Crippen LogP contribution in [0.3, 0.4) is 0 Å². The molecule has 1 aromatic rings. The minimum atomic E-state index is -0.454. The Labute approximate surface area is 87.8 Å². The highest BCUT2D eigenvalue weighted by Gasteiger charge is 2.17. The Morgan fingerprint density at radius 1 is 1.47 bits per heavy atom. The Kier molecular flexibility index (Phi) is 3.24. The summed E-state index contributed by atoms with van der Waals surface area (Å²) in [5.41, 5.74) is 3.04. The van der Waals surface area contributed by atoms with E-state index in [0.29, 0.717) is 6.04 Å². The van der Waals surface area contributed by atoms with Crippen molar-refractivity contribution in [2.75, 3.05) is 0 Å². The van der Waals surface area contributed by atoms with Crippen LogP contribution in [0, 0.1) is 0 Å². The van der Waals surface area contributed by atoms with E-state index in [9.17, 15) is 4.79 Å². The van der Waals surface area contributed by atoms with Gasteiger partial charge >= 0.3 is 5.97 Å². The number of carbonyl (C=O) groups is 1. The molecule has 1 N–H and O–H groups in total. The Morgan fingerprint density at radius 3 is 2.93 bits per heavy atom. The molecule has 0 spiro atoms. The summed E-state index contributed by atoms with van der Waals surface area (Å²) in [6.07, 6.45) is 7.37. The lowest BCUT2D eigenvalue weighted by Gasteiger charge is -2.10. The molecule has 2 rings (SSSR count). The van der Waals surface area contributed by atoms with Crippen LogP contribution >= 0.6 is 0 Å². The van der Waals surface area contributed by atoms with Crippen LogP contribution in [0.4, 0.5) is 0 Å². The third kappa shape index (κ3) is 2.73. The molecule has 0 aromatic carbocycles. The first-order valence-corrected chi connectivity index (χ1v) is 5.09. The standard InChI is InChI=1S/C10H13N3O2/c14-10(9-5-6-11-7-12-9)15-13-8-3-1-2-4-8/h5-8,13H,1-4H2. The molecule has 0 radical (unpaired) electrons. The predicted molar refractivity (Wildman–Crippen MR) is 52.8 cm³/mol. The normalized spacial score (nSPS) is 16.5. The minimum absolute atomic E-state index is 0.274. The van der Waals surface area contributed by atoms with Crippen molar-refractivity contribution in [3.63, 3.8) is 0 Å². The molecular weight excluding hydrogens is 194 g/mol. The van der Waals surface area contributed by atoms with Crippen LogP contribution < -0.4 is 5.48 Å². The number of nitrogens with one attached hydrogen (secondary N) is 1. The molecule has 1 aliphatic carbocycles. The van der Waals surface area contributed by atoms with Gasteiger partial charge in [0.25, 0.3) is 0 Å². The summed E-state index contributed by atoms with van der Waals surface area (Å²) in [6, 6.07) is 1.83. The van der Waals surface area contributed by atoms with Crippen molar-refractivity contribution in [2.45, 2.75) is 31.7 Å². The zero-order valence-electron chi connectivity index (χ0n) is 8.35. The Bertz CT molecular complexity index is 323. The molecule has 1 aromatic heterocycles. The molecule has 0 amide bonds. The fourth-order valence-electron chi connectivity index (χ4n) is 1.64. The summed E-state index contributed by atoms with van der Waals surface area (Å²) in [7, 11) is 0. The van der Waals surface area contributed by atoms with E-state index in [1.54, 1.807) is 0 Å². The van der Waals surface area contributed by atoms with Crippen molar-refractivity contribution in [1.82, 2.24) is 15.4 Å². The van der Waals surface area contributed by atoms with Gasteiger partial charge in [0, 0.05) is 12.2 Å². The van der Waals surface area contributed by atoms with Gasteiger partial charge in [-0.1, -0.05) is 12.8 Å². The molecule has 5 heteroatoms. The Balaban J connectivity index is 1.82. The Hall–Kier alpha value is -1.49. The first kappa shape index (κ1) is 10.0. The molecule has 0 bridgehead atoms. The fourth-order valence-corrected chi connectivity index (χ4v) is 1.64. The topological polar surface area (TPSA) is 64.1 Å². The maximum absolute atomic E-state index is 11.4. The average Bonchev–Trinajstić information content (AvgIpc) is 2.80. The number of aromatic nitrogens is 2. The lowest BCUT2D eigenvalue weighted by molar-refractivity contribution is 0.0153. The van der Waals surface area contributed by atoms with Gasteiger partial charge in [0.05, 0.1) is 0 Å². The molecule has 1 saturated carbocycles. The van der Waals surface area contributed by atoms with Crippen LogP contribution in [-0.4, -0.2) is 22.0 Å². The molecular formula is C10H13N3O2. The van der Waals surface area contributed by atoms with E-state index >= 15 is 0 Å². The van der Waals surface area contributed by atoms with Crippen LogP contribution in [0.2, 0.25) is 0 Å². The summed E-state index contributed by atoms with van der Waals surface area (Å²) in [5, 5.41) is 0. The number of hydrogen-bond acceptors (Lipinski definition) is 5. The van der Waals surface area contributed by atoms with Crippen LogP contribution in [0.15, 0.2) is 18.6 Å². The van der Waals surface area contributed by atoms with E-state index < -0.39 is 5.97 Å². The zero-order chi connectivity index (χ0) is 10.5. The summed E-state index contributed by atoms with van der Waals surface area (Å²) in [4.78, 5) is 23.9. The van der Waals surface area contributed by atoms with E-state index in [1.807, 2.05) is 0 Å². The zero-order valence-corrected chi connectivity index (χ0v) is 8.35.